The van der Waals surface area contributed by atoms with Gasteiger partial charge >= 0.3 is 0 Å². The SMILES string of the molecule is COc1ccc(N2C(S)=C(C#N)C(=O)NC23C=CCCC3)cc1. The molecule has 5 nitrogen and oxygen atoms in total. The molecule has 1 N–H and O–H groups in total. The number of carbonyl (C=O) groups is 1. The van der Waals surface area contributed by atoms with Crippen molar-refractivity contribution in [3.63, 3.8) is 0 Å². The Morgan fingerprint density at radius 3 is 2.70 bits per heavy atom. The first-order valence-corrected chi connectivity index (χ1v) is 7.84. The average molecular weight is 327 g/mol. The van der Waals surface area contributed by atoms with Gasteiger partial charge in [0.1, 0.15) is 23.1 Å². The largest absolute Gasteiger partial charge is 0.497 e. The van der Waals surface area contributed by atoms with Gasteiger partial charge in [0.15, 0.2) is 0 Å². The first-order valence-electron chi connectivity index (χ1n) is 7.39. The number of ether oxygens (including phenoxy) is 1. The van der Waals surface area contributed by atoms with Gasteiger partial charge in [-0.1, -0.05) is 6.08 Å². The monoisotopic (exact) mass is 327 g/mol. The second kappa shape index (κ2) is 6.01. The Balaban J connectivity index is 2.15. The quantitative estimate of drug-likeness (QED) is 0.647. The van der Waals surface area contributed by atoms with Crippen molar-refractivity contribution < 1.29 is 9.53 Å². The van der Waals surface area contributed by atoms with Gasteiger partial charge in [-0.2, -0.15) is 5.26 Å². The van der Waals surface area contributed by atoms with Crippen LogP contribution in [0.25, 0.3) is 0 Å². The van der Waals surface area contributed by atoms with E-state index in [1.807, 2.05) is 41.3 Å². The van der Waals surface area contributed by atoms with E-state index >= 15 is 0 Å². The predicted octanol–water partition coefficient (Wildman–Crippen LogP) is 2.73. The average Bonchev–Trinajstić information content (AvgIpc) is 2.56. The summed E-state index contributed by atoms with van der Waals surface area (Å²) in [5.41, 5.74) is 0.185. The van der Waals surface area contributed by atoms with Crippen molar-refractivity contribution in [1.29, 1.82) is 5.26 Å². The van der Waals surface area contributed by atoms with Crippen LogP contribution in [0.5, 0.6) is 5.75 Å². The van der Waals surface area contributed by atoms with Crippen LogP contribution in [0.3, 0.4) is 0 Å². The molecule has 0 aromatic heterocycles. The summed E-state index contributed by atoms with van der Waals surface area (Å²) >= 11 is 4.49. The molecule has 0 fully saturated rings. The first kappa shape index (κ1) is 15.5. The maximum absolute atomic E-state index is 12.3. The Morgan fingerprint density at radius 1 is 1.39 bits per heavy atom. The number of thiol groups is 1. The van der Waals surface area contributed by atoms with Gasteiger partial charge in [-0.3, -0.25) is 4.79 Å². The lowest BCUT2D eigenvalue weighted by Gasteiger charge is -2.48. The smallest absolute Gasteiger partial charge is 0.266 e. The lowest BCUT2D eigenvalue weighted by Crippen LogP contribution is -2.63. The molecule has 118 valence electrons. The number of amides is 1. The Labute approximate surface area is 140 Å². The third-order valence-electron chi connectivity index (χ3n) is 4.16. The number of carbonyl (C=O) groups excluding carboxylic acids is 1. The van der Waals surface area contributed by atoms with Crippen LogP contribution in [0.4, 0.5) is 5.69 Å². The molecule has 1 aliphatic heterocycles. The maximum atomic E-state index is 12.3. The van der Waals surface area contributed by atoms with Crippen molar-refractivity contribution in [2.75, 3.05) is 12.0 Å². The molecule has 1 unspecified atom stereocenters. The van der Waals surface area contributed by atoms with Crippen molar-refractivity contribution in [2.24, 2.45) is 0 Å². The van der Waals surface area contributed by atoms with Gasteiger partial charge < -0.3 is 15.0 Å². The number of nitrogens with one attached hydrogen (secondary N) is 1. The predicted molar refractivity (Wildman–Crippen MR) is 91.0 cm³/mol. The molecule has 1 aliphatic carbocycles. The van der Waals surface area contributed by atoms with Gasteiger partial charge in [0.2, 0.25) is 0 Å². The van der Waals surface area contributed by atoms with E-state index in [1.165, 1.54) is 0 Å². The highest BCUT2D eigenvalue weighted by Crippen LogP contribution is 2.39. The minimum atomic E-state index is -0.679. The summed E-state index contributed by atoms with van der Waals surface area (Å²) in [5.74, 6) is 0.363. The van der Waals surface area contributed by atoms with Gasteiger partial charge in [0, 0.05) is 5.69 Å². The fourth-order valence-corrected chi connectivity index (χ4v) is 3.49. The summed E-state index contributed by atoms with van der Waals surface area (Å²) in [4.78, 5) is 14.2. The Bertz CT molecular complexity index is 733. The molecule has 3 rings (SSSR count). The number of hydrogen-bond donors (Lipinski definition) is 2. The van der Waals surface area contributed by atoms with Gasteiger partial charge in [-0.25, -0.2) is 0 Å². The molecule has 1 heterocycles. The zero-order valence-electron chi connectivity index (χ0n) is 12.7. The Morgan fingerprint density at radius 2 is 2.13 bits per heavy atom. The normalized spacial score (nSPS) is 23.7. The van der Waals surface area contributed by atoms with E-state index in [9.17, 15) is 10.1 Å². The molecule has 0 saturated heterocycles. The second-order valence-corrected chi connectivity index (χ2v) is 5.94. The Hall–Kier alpha value is -2.39. The summed E-state index contributed by atoms with van der Waals surface area (Å²) in [5, 5.41) is 12.6. The van der Waals surface area contributed by atoms with E-state index in [0.29, 0.717) is 5.03 Å². The van der Waals surface area contributed by atoms with Crippen LogP contribution in [-0.4, -0.2) is 18.7 Å². The van der Waals surface area contributed by atoms with Crippen LogP contribution in [0, 0.1) is 11.3 Å². The number of hydrogen-bond acceptors (Lipinski definition) is 5. The third-order valence-corrected chi connectivity index (χ3v) is 4.58. The van der Waals surface area contributed by atoms with E-state index in [-0.39, 0.29) is 11.5 Å². The molecule has 0 bridgehead atoms. The number of rotatable bonds is 2. The van der Waals surface area contributed by atoms with Crippen LogP contribution < -0.4 is 15.0 Å². The highest BCUT2D eigenvalue weighted by atomic mass is 32.1. The molecule has 0 radical (unpaired) electrons. The van der Waals surface area contributed by atoms with Crippen LogP contribution in [0.15, 0.2) is 47.0 Å². The van der Waals surface area contributed by atoms with Crippen molar-refractivity contribution in [2.45, 2.75) is 24.9 Å². The Kier molecular flexibility index (Phi) is 4.05. The second-order valence-electron chi connectivity index (χ2n) is 5.52. The number of benzene rings is 1. The number of allylic oxidation sites excluding steroid dienone is 1. The number of anilines is 1. The number of nitriles is 1. The standard InChI is InChI=1S/C17H17N3O2S/c1-22-13-7-5-12(6-8-13)20-16(23)14(11-18)15(21)19-17(20)9-3-2-4-10-17/h3,5-9,23H,2,4,10H2,1H3,(H,19,21). The topological polar surface area (TPSA) is 65.4 Å². The van der Waals surface area contributed by atoms with Crippen molar-refractivity contribution >= 4 is 24.2 Å². The molecule has 1 aromatic rings. The summed E-state index contributed by atoms with van der Waals surface area (Å²) in [7, 11) is 1.61. The van der Waals surface area contributed by atoms with E-state index in [4.69, 9.17) is 4.74 Å². The highest BCUT2D eigenvalue weighted by Gasteiger charge is 2.44. The molecule has 1 aromatic carbocycles. The first-order chi connectivity index (χ1) is 11.1. The number of nitrogens with zero attached hydrogens (tertiary/aromatic N) is 2. The van der Waals surface area contributed by atoms with E-state index in [0.717, 1.165) is 30.7 Å². The lowest BCUT2D eigenvalue weighted by atomic mass is 9.91. The molecule has 23 heavy (non-hydrogen) atoms. The minimum Gasteiger partial charge on any atom is -0.497 e. The maximum Gasteiger partial charge on any atom is 0.266 e. The minimum absolute atomic E-state index is 0.0220. The molecule has 1 spiro atoms. The summed E-state index contributed by atoms with van der Waals surface area (Å²) in [6, 6.07) is 9.43. The summed E-state index contributed by atoms with van der Waals surface area (Å²) in [6.07, 6.45) is 6.73. The van der Waals surface area contributed by atoms with Gasteiger partial charge in [-0.05, 0) is 49.6 Å². The molecular formula is C17H17N3O2S. The van der Waals surface area contributed by atoms with Crippen LogP contribution in [0.2, 0.25) is 0 Å². The fraction of sp³-hybridized carbons (Fsp3) is 0.294. The molecular weight excluding hydrogens is 310 g/mol. The summed E-state index contributed by atoms with van der Waals surface area (Å²) < 4.78 is 5.19. The third kappa shape index (κ3) is 2.57. The van der Waals surface area contributed by atoms with Crippen LogP contribution in [-0.2, 0) is 4.79 Å². The number of methoxy groups -OCH3 is 1. The van der Waals surface area contributed by atoms with Crippen molar-refractivity contribution in [1.82, 2.24) is 5.32 Å². The van der Waals surface area contributed by atoms with Gasteiger partial charge in [0.25, 0.3) is 5.91 Å². The molecule has 0 saturated carbocycles. The highest BCUT2D eigenvalue weighted by molar-refractivity contribution is 7.84. The van der Waals surface area contributed by atoms with Crippen molar-refractivity contribution in [3.05, 3.63) is 47.0 Å². The lowest BCUT2D eigenvalue weighted by molar-refractivity contribution is -0.119. The van der Waals surface area contributed by atoms with Crippen molar-refractivity contribution in [3.8, 4) is 11.8 Å². The molecule has 1 atom stereocenters. The molecule has 6 heteroatoms. The van der Waals surface area contributed by atoms with Crippen LogP contribution >= 0.6 is 12.6 Å². The molecule has 2 aliphatic rings. The molecule has 1 amide bonds. The fourth-order valence-electron chi connectivity index (χ4n) is 3.04. The summed E-state index contributed by atoms with van der Waals surface area (Å²) in [6.45, 7) is 0. The van der Waals surface area contributed by atoms with Gasteiger partial charge in [-0.15, -0.1) is 12.6 Å². The van der Waals surface area contributed by atoms with Crippen LogP contribution in [0.1, 0.15) is 19.3 Å². The van der Waals surface area contributed by atoms with E-state index < -0.39 is 5.66 Å². The van der Waals surface area contributed by atoms with Gasteiger partial charge in [0.05, 0.1) is 12.1 Å². The van der Waals surface area contributed by atoms with E-state index in [2.05, 4.69) is 24.0 Å². The van der Waals surface area contributed by atoms with E-state index in [1.54, 1.807) is 7.11 Å². The zero-order valence-corrected chi connectivity index (χ0v) is 13.6. The zero-order chi connectivity index (χ0) is 16.4.